The van der Waals surface area contributed by atoms with Crippen LogP contribution in [0.5, 0.6) is 0 Å². The van der Waals surface area contributed by atoms with E-state index in [1.165, 1.54) is 37.7 Å². The summed E-state index contributed by atoms with van der Waals surface area (Å²) in [5.74, 6) is 1.57. The lowest BCUT2D eigenvalue weighted by Crippen LogP contribution is -2.67. The SMILES string of the molecule is C=C(C)[C@@H]1CC[C@]2(CC(=O)N[C@H]3CC[C@@H](N(C)C)C3)CC[C@]3(C)[C@H](CCC4[C@@]5(C)CC[C@H](OC(=O)CC(C)(C)C(=O)O)C(C)(C)C5CC[C@]43C)[C@@H]12. The predicted octanol–water partition coefficient (Wildman–Crippen LogP) is 9.05. The molecule has 6 fully saturated rings. The summed E-state index contributed by atoms with van der Waals surface area (Å²) in [5, 5.41) is 13.1. The van der Waals surface area contributed by atoms with Gasteiger partial charge in [0.15, 0.2) is 0 Å². The van der Waals surface area contributed by atoms with E-state index in [9.17, 15) is 19.5 Å². The number of allylic oxidation sites excluding steroid dienone is 1. The van der Waals surface area contributed by atoms with E-state index >= 15 is 0 Å². The molecule has 2 unspecified atom stereocenters. The van der Waals surface area contributed by atoms with Gasteiger partial charge in [-0.3, -0.25) is 14.4 Å². The van der Waals surface area contributed by atoms with E-state index in [0.29, 0.717) is 48.1 Å². The highest BCUT2D eigenvalue weighted by molar-refractivity contribution is 5.81. The van der Waals surface area contributed by atoms with Crippen molar-refractivity contribution < 1.29 is 24.2 Å². The van der Waals surface area contributed by atoms with E-state index in [1.807, 2.05) is 0 Å². The molecule has 7 heteroatoms. The number of carboxylic acid groups (broad SMARTS) is 1. The zero-order chi connectivity index (χ0) is 37.5. The maximum Gasteiger partial charge on any atom is 0.309 e. The molecule has 2 N–H and O–H groups in total. The number of esters is 1. The summed E-state index contributed by atoms with van der Waals surface area (Å²) in [6, 6.07) is 0.868. The molecule has 6 rings (SSSR count). The molecule has 6 aliphatic carbocycles. The fourth-order valence-electron chi connectivity index (χ4n) is 14.6. The van der Waals surface area contributed by atoms with E-state index in [2.05, 4.69) is 72.4 Å². The molecule has 6 aliphatic rings. The highest BCUT2D eigenvalue weighted by Crippen LogP contribution is 2.78. The standard InChI is InChI=1S/C44H72N2O5/c1-27(2)30-16-21-44(25-35(47)45-28-12-13-29(24-28)46(10)11)23-22-42(8)31(37(30)44)14-15-33-41(7)19-18-34(51-36(48)26-39(3,4)38(49)50)40(5,6)32(41)17-20-43(33,42)9/h28-34,37H,1,12-26H2,2-11H3,(H,45,47)(H,49,50)/t28-,29+,30-,31+,32?,33?,34-,37+,41-,42+,43+,44+/m0/s1. The molecule has 0 heterocycles. The van der Waals surface area contributed by atoms with Gasteiger partial charge in [-0.2, -0.15) is 0 Å². The Morgan fingerprint density at radius 3 is 2.20 bits per heavy atom. The molecule has 288 valence electrons. The van der Waals surface area contributed by atoms with Crippen LogP contribution in [0.1, 0.15) is 152 Å². The van der Waals surface area contributed by atoms with Crippen molar-refractivity contribution in [3.05, 3.63) is 12.2 Å². The average Bonchev–Trinajstić information content (AvgIpc) is 3.64. The van der Waals surface area contributed by atoms with Gasteiger partial charge in [0.25, 0.3) is 0 Å². The second-order valence-corrected chi connectivity index (χ2v) is 21.1. The van der Waals surface area contributed by atoms with Crippen LogP contribution in [0.2, 0.25) is 0 Å². The molecule has 0 aromatic rings. The molecule has 0 saturated heterocycles. The number of fused-ring (bicyclic) bond motifs is 7. The van der Waals surface area contributed by atoms with Crippen LogP contribution < -0.4 is 5.32 Å². The number of carbonyl (C=O) groups excluding carboxylic acids is 2. The van der Waals surface area contributed by atoms with Crippen LogP contribution in [0.4, 0.5) is 0 Å². The summed E-state index contributed by atoms with van der Waals surface area (Å²) < 4.78 is 6.19. The van der Waals surface area contributed by atoms with Crippen LogP contribution in [0.15, 0.2) is 12.2 Å². The molecular weight excluding hydrogens is 636 g/mol. The molecule has 0 radical (unpaired) electrons. The maximum absolute atomic E-state index is 13.9. The van der Waals surface area contributed by atoms with Crippen LogP contribution >= 0.6 is 0 Å². The molecule has 7 nitrogen and oxygen atoms in total. The normalized spacial score (nSPS) is 44.5. The van der Waals surface area contributed by atoms with E-state index < -0.39 is 11.4 Å². The first-order valence-electron chi connectivity index (χ1n) is 20.7. The second-order valence-electron chi connectivity index (χ2n) is 21.1. The van der Waals surface area contributed by atoms with Gasteiger partial charge in [0, 0.05) is 23.9 Å². The van der Waals surface area contributed by atoms with Crippen LogP contribution in [0.3, 0.4) is 0 Å². The first-order valence-corrected chi connectivity index (χ1v) is 20.7. The summed E-state index contributed by atoms with van der Waals surface area (Å²) >= 11 is 0. The van der Waals surface area contributed by atoms with Gasteiger partial charge in [-0.25, -0.2) is 0 Å². The minimum Gasteiger partial charge on any atom is -0.481 e. The Morgan fingerprint density at radius 2 is 1.57 bits per heavy atom. The van der Waals surface area contributed by atoms with Crippen molar-refractivity contribution in [2.24, 2.45) is 62.1 Å². The highest BCUT2D eigenvalue weighted by atomic mass is 16.5. The zero-order valence-corrected chi connectivity index (χ0v) is 34.0. The third-order valence-electron chi connectivity index (χ3n) is 17.6. The number of rotatable bonds is 9. The Bertz CT molecular complexity index is 1400. The van der Waals surface area contributed by atoms with E-state index in [-0.39, 0.29) is 51.5 Å². The van der Waals surface area contributed by atoms with Crippen molar-refractivity contribution in [3.8, 4) is 0 Å². The first-order chi connectivity index (χ1) is 23.6. The molecule has 6 saturated carbocycles. The summed E-state index contributed by atoms with van der Waals surface area (Å²) in [6.45, 7) is 22.5. The summed E-state index contributed by atoms with van der Waals surface area (Å²) in [5.41, 5.74) is 0.618. The molecule has 0 aromatic heterocycles. The van der Waals surface area contributed by atoms with Gasteiger partial charge >= 0.3 is 11.9 Å². The second kappa shape index (κ2) is 13.1. The number of carbonyl (C=O) groups is 3. The lowest BCUT2D eigenvalue weighted by Gasteiger charge is -2.73. The van der Waals surface area contributed by atoms with Crippen LogP contribution in [-0.4, -0.2) is 60.1 Å². The molecule has 0 aliphatic heterocycles. The fraction of sp³-hybridized carbons (Fsp3) is 0.886. The lowest BCUT2D eigenvalue weighted by atomic mass is 9.32. The first kappa shape index (κ1) is 38.8. The minimum absolute atomic E-state index is 0.0703. The molecular formula is C44H72N2O5. The van der Waals surface area contributed by atoms with Crippen molar-refractivity contribution in [1.29, 1.82) is 0 Å². The Morgan fingerprint density at radius 1 is 0.863 bits per heavy atom. The molecule has 0 aromatic carbocycles. The number of amides is 1. The number of carboxylic acids is 1. The van der Waals surface area contributed by atoms with Crippen LogP contribution in [0, 0.1) is 62.1 Å². The van der Waals surface area contributed by atoms with Gasteiger partial charge < -0.3 is 20.1 Å². The Hall–Kier alpha value is -1.89. The quantitative estimate of drug-likeness (QED) is 0.183. The zero-order valence-electron chi connectivity index (χ0n) is 34.0. The minimum atomic E-state index is -1.14. The van der Waals surface area contributed by atoms with Crippen molar-refractivity contribution in [1.82, 2.24) is 10.2 Å². The van der Waals surface area contributed by atoms with E-state index in [1.54, 1.807) is 13.8 Å². The third kappa shape index (κ3) is 6.23. The van der Waals surface area contributed by atoms with Gasteiger partial charge in [0.1, 0.15) is 6.10 Å². The van der Waals surface area contributed by atoms with Crippen LogP contribution in [-0.2, 0) is 19.1 Å². The maximum atomic E-state index is 13.9. The summed E-state index contributed by atoms with van der Waals surface area (Å²) in [6.07, 6.45) is 15.0. The predicted molar refractivity (Wildman–Crippen MR) is 203 cm³/mol. The van der Waals surface area contributed by atoms with Gasteiger partial charge in [-0.15, -0.1) is 0 Å². The third-order valence-corrected chi connectivity index (χ3v) is 17.6. The van der Waals surface area contributed by atoms with Gasteiger partial charge in [-0.1, -0.05) is 46.8 Å². The molecule has 51 heavy (non-hydrogen) atoms. The van der Waals surface area contributed by atoms with Crippen LogP contribution in [0.25, 0.3) is 0 Å². The number of ether oxygens (including phenoxy) is 1. The van der Waals surface area contributed by atoms with E-state index in [4.69, 9.17) is 4.74 Å². The van der Waals surface area contributed by atoms with Crippen molar-refractivity contribution >= 4 is 17.8 Å². The van der Waals surface area contributed by atoms with Gasteiger partial charge in [0.05, 0.1) is 11.8 Å². The summed E-state index contributed by atoms with van der Waals surface area (Å²) in [7, 11) is 4.32. The number of aliphatic carboxylic acids is 1. The van der Waals surface area contributed by atoms with E-state index in [0.717, 1.165) is 51.4 Å². The number of hydrogen-bond donors (Lipinski definition) is 2. The molecule has 12 atom stereocenters. The Labute approximate surface area is 309 Å². The van der Waals surface area contributed by atoms with Crippen molar-refractivity contribution in [3.63, 3.8) is 0 Å². The highest BCUT2D eigenvalue weighted by Gasteiger charge is 2.71. The molecule has 0 bridgehead atoms. The average molecular weight is 709 g/mol. The monoisotopic (exact) mass is 709 g/mol. The van der Waals surface area contributed by atoms with Gasteiger partial charge in [-0.05, 0) is 170 Å². The lowest BCUT2D eigenvalue weighted by molar-refractivity contribution is -0.250. The van der Waals surface area contributed by atoms with Gasteiger partial charge in [0.2, 0.25) is 5.91 Å². The molecule has 0 spiro atoms. The smallest absolute Gasteiger partial charge is 0.309 e. The number of nitrogens with zero attached hydrogens (tertiary/aromatic N) is 1. The topological polar surface area (TPSA) is 95.9 Å². The van der Waals surface area contributed by atoms with Crippen molar-refractivity contribution in [2.75, 3.05) is 14.1 Å². The summed E-state index contributed by atoms with van der Waals surface area (Å²) in [4.78, 5) is 41.1. The van der Waals surface area contributed by atoms with Crippen molar-refractivity contribution in [2.45, 2.75) is 170 Å². The number of hydrogen-bond acceptors (Lipinski definition) is 5. The Kier molecular flexibility index (Phi) is 10.0. The largest absolute Gasteiger partial charge is 0.481 e. The Balaban J connectivity index is 1.22. The fourth-order valence-corrected chi connectivity index (χ4v) is 14.6. The molecule has 1 amide bonds. The number of nitrogens with one attached hydrogen (secondary N) is 1.